The van der Waals surface area contributed by atoms with Gasteiger partial charge >= 0.3 is 0 Å². The number of anilines is 1. The van der Waals surface area contributed by atoms with E-state index in [1.54, 1.807) is 12.3 Å². The minimum Gasteiger partial charge on any atom is -0.346 e. The second-order valence-corrected chi connectivity index (χ2v) is 9.65. The first-order valence-corrected chi connectivity index (χ1v) is 12.0. The number of thiocarbonyl (C=S) groups is 1. The lowest BCUT2D eigenvalue weighted by molar-refractivity contribution is 0.177. The Balaban J connectivity index is 1.27. The predicted molar refractivity (Wildman–Crippen MR) is 137 cm³/mol. The zero-order chi connectivity index (χ0) is 22.7. The van der Waals surface area contributed by atoms with Crippen LogP contribution in [0, 0.1) is 0 Å². The van der Waals surface area contributed by atoms with E-state index in [2.05, 4.69) is 20.2 Å². The maximum atomic E-state index is 6.26. The Morgan fingerprint density at radius 1 is 0.906 bits per heavy atom. The second kappa shape index (κ2) is 10.6. The first kappa shape index (κ1) is 23.6. The van der Waals surface area contributed by atoms with E-state index in [1.807, 2.05) is 41.2 Å². The molecule has 0 atom stereocenters. The van der Waals surface area contributed by atoms with E-state index in [9.17, 15) is 0 Å². The van der Waals surface area contributed by atoms with Gasteiger partial charge in [-0.2, -0.15) is 5.10 Å². The van der Waals surface area contributed by atoms with Gasteiger partial charge in [-0.25, -0.2) is 0 Å². The lowest BCUT2D eigenvalue weighted by Gasteiger charge is -2.36. The van der Waals surface area contributed by atoms with Crippen molar-refractivity contribution >= 4 is 69.4 Å². The Kier molecular flexibility index (Phi) is 7.82. The Morgan fingerprint density at radius 3 is 2.41 bits per heavy atom. The maximum absolute atomic E-state index is 6.26. The molecule has 3 aromatic rings. The zero-order valence-corrected chi connectivity index (χ0v) is 20.9. The van der Waals surface area contributed by atoms with Gasteiger partial charge in [0, 0.05) is 49.0 Å². The highest BCUT2D eigenvalue weighted by Crippen LogP contribution is 2.24. The van der Waals surface area contributed by atoms with Crippen molar-refractivity contribution in [1.82, 2.24) is 19.6 Å². The largest absolute Gasteiger partial charge is 0.346 e. The standard InChI is InChI=1S/C22H21Cl4N5S/c23-17-3-2-16(20(25)10-17)13-31-14-18(11-27-31)28-22(32)30-7-5-29(6-8-30)12-15-1-4-19(24)21(26)9-15/h1-4,9-11,14H,5-8,12-13H2,(H,28,32). The minimum atomic E-state index is 0.553. The molecular weight excluding hydrogens is 508 g/mol. The molecule has 168 valence electrons. The summed E-state index contributed by atoms with van der Waals surface area (Å²) < 4.78 is 1.81. The van der Waals surface area contributed by atoms with E-state index >= 15 is 0 Å². The van der Waals surface area contributed by atoms with Gasteiger partial charge in [0.1, 0.15) is 0 Å². The van der Waals surface area contributed by atoms with Crippen LogP contribution in [0.25, 0.3) is 0 Å². The van der Waals surface area contributed by atoms with Gasteiger partial charge in [0.05, 0.1) is 28.5 Å². The molecule has 0 radical (unpaired) electrons. The molecule has 0 saturated carbocycles. The maximum Gasteiger partial charge on any atom is 0.173 e. The van der Waals surface area contributed by atoms with Gasteiger partial charge < -0.3 is 10.2 Å². The topological polar surface area (TPSA) is 36.3 Å². The summed E-state index contributed by atoms with van der Waals surface area (Å²) in [5.74, 6) is 0. The molecule has 1 aliphatic rings. The van der Waals surface area contributed by atoms with Crippen molar-refractivity contribution in [2.24, 2.45) is 0 Å². The van der Waals surface area contributed by atoms with Gasteiger partial charge in [0.2, 0.25) is 0 Å². The van der Waals surface area contributed by atoms with Crippen molar-refractivity contribution in [1.29, 1.82) is 0 Å². The SMILES string of the molecule is S=C(Nc1cnn(Cc2ccc(Cl)cc2Cl)c1)N1CCN(Cc2ccc(Cl)c(Cl)c2)CC1. The Hall–Kier alpha value is -1.54. The third kappa shape index (κ3) is 6.07. The average molecular weight is 529 g/mol. The van der Waals surface area contributed by atoms with Crippen LogP contribution in [0.3, 0.4) is 0 Å². The number of halogens is 4. The van der Waals surface area contributed by atoms with Gasteiger partial charge in [-0.15, -0.1) is 0 Å². The first-order valence-electron chi connectivity index (χ1n) is 10.1. The number of piperazine rings is 1. The molecular formula is C22H21Cl4N5S. The molecule has 1 aromatic heterocycles. The van der Waals surface area contributed by atoms with Crippen molar-refractivity contribution in [2.45, 2.75) is 13.1 Å². The van der Waals surface area contributed by atoms with Gasteiger partial charge in [-0.3, -0.25) is 9.58 Å². The van der Waals surface area contributed by atoms with E-state index in [-0.39, 0.29) is 0 Å². The summed E-state index contributed by atoms with van der Waals surface area (Å²) in [5.41, 5.74) is 2.95. The molecule has 32 heavy (non-hydrogen) atoms. The highest BCUT2D eigenvalue weighted by atomic mass is 35.5. The smallest absolute Gasteiger partial charge is 0.173 e. The summed E-state index contributed by atoms with van der Waals surface area (Å²) in [7, 11) is 0. The van der Waals surface area contributed by atoms with Crippen molar-refractivity contribution in [3.05, 3.63) is 80.0 Å². The van der Waals surface area contributed by atoms with Gasteiger partial charge in [0.15, 0.2) is 5.11 Å². The molecule has 2 heterocycles. The fourth-order valence-electron chi connectivity index (χ4n) is 3.55. The van der Waals surface area contributed by atoms with Crippen LogP contribution < -0.4 is 5.32 Å². The van der Waals surface area contributed by atoms with Gasteiger partial charge in [-0.05, 0) is 47.6 Å². The summed E-state index contributed by atoms with van der Waals surface area (Å²) in [5, 5.41) is 10.8. The minimum absolute atomic E-state index is 0.553. The lowest BCUT2D eigenvalue weighted by atomic mass is 10.2. The van der Waals surface area contributed by atoms with Gasteiger partial charge in [-0.1, -0.05) is 58.5 Å². The first-order chi connectivity index (χ1) is 15.4. The van der Waals surface area contributed by atoms with E-state index in [1.165, 1.54) is 0 Å². The Labute approximate surface area is 212 Å². The molecule has 1 saturated heterocycles. The molecule has 1 N–H and O–H groups in total. The van der Waals surface area contributed by atoms with E-state index in [4.69, 9.17) is 58.6 Å². The molecule has 0 bridgehead atoms. The van der Waals surface area contributed by atoms with Crippen molar-refractivity contribution < 1.29 is 0 Å². The second-order valence-electron chi connectivity index (χ2n) is 7.60. The molecule has 0 amide bonds. The quantitative estimate of drug-likeness (QED) is 0.407. The van der Waals surface area contributed by atoms with Gasteiger partial charge in [0.25, 0.3) is 0 Å². The van der Waals surface area contributed by atoms with Crippen molar-refractivity contribution in [2.75, 3.05) is 31.5 Å². The molecule has 1 aliphatic heterocycles. The Morgan fingerprint density at radius 2 is 1.69 bits per heavy atom. The summed E-state index contributed by atoms with van der Waals surface area (Å²) >= 11 is 30.0. The van der Waals surface area contributed by atoms with Crippen LogP contribution in [-0.4, -0.2) is 50.9 Å². The zero-order valence-electron chi connectivity index (χ0n) is 17.1. The normalized spacial score (nSPS) is 14.6. The lowest BCUT2D eigenvalue weighted by Crippen LogP contribution is -2.49. The third-order valence-electron chi connectivity index (χ3n) is 5.28. The van der Waals surface area contributed by atoms with Crippen LogP contribution in [0.5, 0.6) is 0 Å². The predicted octanol–water partition coefficient (Wildman–Crippen LogP) is 6.06. The highest BCUT2D eigenvalue weighted by Gasteiger charge is 2.19. The molecule has 5 nitrogen and oxygen atoms in total. The molecule has 10 heteroatoms. The molecule has 1 fully saturated rings. The molecule has 2 aromatic carbocycles. The number of hydrogen-bond acceptors (Lipinski definition) is 3. The number of nitrogens with zero attached hydrogens (tertiary/aromatic N) is 4. The highest BCUT2D eigenvalue weighted by molar-refractivity contribution is 7.80. The monoisotopic (exact) mass is 527 g/mol. The van der Waals surface area contributed by atoms with Crippen molar-refractivity contribution in [3.63, 3.8) is 0 Å². The number of rotatable bonds is 5. The van der Waals surface area contributed by atoms with E-state index < -0.39 is 0 Å². The molecule has 0 spiro atoms. The summed E-state index contributed by atoms with van der Waals surface area (Å²) in [6.45, 7) is 4.92. The van der Waals surface area contributed by atoms with Crippen LogP contribution in [-0.2, 0) is 13.1 Å². The fraction of sp³-hybridized carbons (Fsp3) is 0.273. The third-order valence-corrected chi connectivity index (χ3v) is 6.97. The van der Waals surface area contributed by atoms with E-state index in [0.717, 1.165) is 49.5 Å². The summed E-state index contributed by atoms with van der Waals surface area (Å²) in [6.07, 6.45) is 3.68. The molecule has 4 rings (SSSR count). The van der Waals surface area contributed by atoms with Crippen LogP contribution in [0.15, 0.2) is 48.8 Å². The van der Waals surface area contributed by atoms with Crippen LogP contribution in [0.1, 0.15) is 11.1 Å². The summed E-state index contributed by atoms with van der Waals surface area (Å²) in [6, 6.07) is 11.2. The number of nitrogens with one attached hydrogen (secondary N) is 1. The van der Waals surface area contributed by atoms with E-state index in [0.29, 0.717) is 31.7 Å². The van der Waals surface area contributed by atoms with Crippen LogP contribution >= 0.6 is 58.6 Å². The van der Waals surface area contributed by atoms with Crippen LogP contribution in [0.2, 0.25) is 20.1 Å². The molecule has 0 aliphatic carbocycles. The number of benzene rings is 2. The number of aromatic nitrogens is 2. The van der Waals surface area contributed by atoms with Crippen molar-refractivity contribution in [3.8, 4) is 0 Å². The number of hydrogen-bond donors (Lipinski definition) is 1. The summed E-state index contributed by atoms with van der Waals surface area (Å²) in [4.78, 5) is 4.56. The molecule has 0 unspecified atom stereocenters. The average Bonchev–Trinajstić information content (AvgIpc) is 3.20. The Bertz CT molecular complexity index is 1110. The fourth-order valence-corrected chi connectivity index (χ4v) is 4.64. The van der Waals surface area contributed by atoms with Crippen LogP contribution in [0.4, 0.5) is 5.69 Å².